The van der Waals surface area contributed by atoms with E-state index in [9.17, 15) is 10.1 Å². The number of rotatable bonds is 3. The average molecular weight is 344 g/mol. The van der Waals surface area contributed by atoms with Crippen LogP contribution in [0.15, 0.2) is 28.7 Å². The monoisotopic (exact) mass is 342 g/mol. The zero-order valence-corrected chi connectivity index (χ0v) is 12.8. The molecule has 0 amide bonds. The molecule has 0 saturated heterocycles. The number of hydrogen-bond acceptors (Lipinski definition) is 3. The molecule has 0 saturated carbocycles. The lowest BCUT2D eigenvalue weighted by Crippen LogP contribution is -2.33. The lowest BCUT2D eigenvalue weighted by molar-refractivity contribution is -0.560. The van der Waals surface area contributed by atoms with E-state index in [0.29, 0.717) is 10.7 Å². The molecular weight excluding hydrogens is 332 g/mol. The first-order valence-electron chi connectivity index (χ1n) is 5.69. The predicted octanol–water partition coefficient (Wildman–Crippen LogP) is 4.25. The van der Waals surface area contributed by atoms with E-state index in [1.807, 2.05) is 24.3 Å². The van der Waals surface area contributed by atoms with Gasteiger partial charge in [0, 0.05) is 35.1 Å². The molecule has 0 bridgehead atoms. The average Bonchev–Trinajstić information content (AvgIpc) is 2.30. The normalized spacial score (nSPS) is 11.8. The predicted molar refractivity (Wildman–Crippen MR) is 79.2 cm³/mol. The van der Waals surface area contributed by atoms with Crippen LogP contribution in [0, 0.1) is 10.1 Å². The third kappa shape index (κ3) is 3.04. The number of benzene rings is 1. The molecule has 2 aromatic rings. The molecule has 0 aliphatic heterocycles. The van der Waals surface area contributed by atoms with E-state index in [2.05, 4.69) is 20.9 Å². The zero-order chi connectivity index (χ0) is 14.2. The molecular formula is C13H12BrClN2O2. The molecule has 19 heavy (non-hydrogen) atoms. The third-order valence-electron chi connectivity index (χ3n) is 2.92. The Balaban J connectivity index is 2.47. The summed E-state index contributed by atoms with van der Waals surface area (Å²) in [4.78, 5) is 15.0. The number of pyridine rings is 1. The molecule has 0 spiro atoms. The van der Waals surface area contributed by atoms with Crippen LogP contribution in [0.5, 0.6) is 0 Å². The summed E-state index contributed by atoms with van der Waals surface area (Å²) in [6, 6.07) is 7.54. The minimum atomic E-state index is -1.06. The van der Waals surface area contributed by atoms with Crippen LogP contribution in [0.2, 0.25) is 5.15 Å². The van der Waals surface area contributed by atoms with E-state index < -0.39 is 5.54 Å². The molecule has 0 fully saturated rings. The van der Waals surface area contributed by atoms with Gasteiger partial charge in [-0.25, -0.2) is 4.98 Å². The van der Waals surface area contributed by atoms with E-state index in [0.717, 1.165) is 15.4 Å². The fourth-order valence-electron chi connectivity index (χ4n) is 1.82. The van der Waals surface area contributed by atoms with E-state index in [1.165, 1.54) is 0 Å². The Bertz CT molecular complexity index is 658. The third-order valence-corrected chi connectivity index (χ3v) is 3.74. The fraction of sp³-hybridized carbons (Fsp3) is 0.308. The van der Waals surface area contributed by atoms with Gasteiger partial charge < -0.3 is 0 Å². The molecule has 1 aromatic carbocycles. The van der Waals surface area contributed by atoms with Crippen molar-refractivity contribution in [2.45, 2.75) is 25.8 Å². The Morgan fingerprint density at radius 1 is 1.42 bits per heavy atom. The van der Waals surface area contributed by atoms with Gasteiger partial charge >= 0.3 is 0 Å². The first kappa shape index (κ1) is 14.2. The molecule has 0 atom stereocenters. The van der Waals surface area contributed by atoms with Crippen molar-refractivity contribution in [3.63, 3.8) is 0 Å². The molecule has 0 unspecified atom stereocenters. The van der Waals surface area contributed by atoms with Crippen molar-refractivity contribution >= 4 is 38.4 Å². The molecule has 0 aliphatic carbocycles. The molecule has 6 heteroatoms. The Kier molecular flexibility index (Phi) is 3.78. The molecule has 0 aliphatic rings. The van der Waals surface area contributed by atoms with Crippen molar-refractivity contribution in [1.29, 1.82) is 0 Å². The van der Waals surface area contributed by atoms with Crippen LogP contribution in [0.25, 0.3) is 10.9 Å². The van der Waals surface area contributed by atoms with Crippen molar-refractivity contribution in [2.24, 2.45) is 0 Å². The van der Waals surface area contributed by atoms with Gasteiger partial charge in [-0.05, 0) is 23.8 Å². The highest BCUT2D eigenvalue weighted by Gasteiger charge is 2.32. The number of halogens is 2. The van der Waals surface area contributed by atoms with Crippen LogP contribution in [-0.4, -0.2) is 15.4 Å². The van der Waals surface area contributed by atoms with Crippen LogP contribution in [-0.2, 0) is 6.42 Å². The van der Waals surface area contributed by atoms with E-state index in [1.54, 1.807) is 13.8 Å². The highest BCUT2D eigenvalue weighted by molar-refractivity contribution is 9.10. The molecule has 100 valence electrons. The molecule has 4 nitrogen and oxygen atoms in total. The summed E-state index contributed by atoms with van der Waals surface area (Å²) in [5.74, 6) is 0. The number of fused-ring (bicyclic) bond motifs is 1. The summed E-state index contributed by atoms with van der Waals surface area (Å²) in [7, 11) is 0. The summed E-state index contributed by atoms with van der Waals surface area (Å²) in [6.45, 7) is 3.16. The zero-order valence-electron chi connectivity index (χ0n) is 10.5. The van der Waals surface area contributed by atoms with Gasteiger partial charge in [0.05, 0.1) is 5.52 Å². The first-order chi connectivity index (χ1) is 8.79. The van der Waals surface area contributed by atoms with Crippen molar-refractivity contribution in [3.05, 3.63) is 49.6 Å². The van der Waals surface area contributed by atoms with Gasteiger partial charge in [-0.3, -0.25) is 10.1 Å². The number of nitro groups is 1. The van der Waals surface area contributed by atoms with Crippen molar-refractivity contribution in [3.8, 4) is 0 Å². The van der Waals surface area contributed by atoms with Gasteiger partial charge in [-0.15, -0.1) is 0 Å². The maximum absolute atomic E-state index is 11.0. The minimum absolute atomic E-state index is 0.248. The summed E-state index contributed by atoms with van der Waals surface area (Å²) in [5, 5.41) is 12.2. The Hall–Kier alpha value is -1.20. The summed E-state index contributed by atoms with van der Waals surface area (Å²) in [6.07, 6.45) is 0.248. The summed E-state index contributed by atoms with van der Waals surface area (Å²) < 4.78 is 0.918. The molecule has 0 N–H and O–H groups in total. The molecule has 1 heterocycles. The second-order valence-electron chi connectivity index (χ2n) is 5.02. The van der Waals surface area contributed by atoms with Crippen LogP contribution in [0.1, 0.15) is 19.4 Å². The van der Waals surface area contributed by atoms with Crippen molar-refractivity contribution < 1.29 is 4.92 Å². The summed E-state index contributed by atoms with van der Waals surface area (Å²) >= 11 is 9.49. The Morgan fingerprint density at radius 2 is 2.11 bits per heavy atom. The van der Waals surface area contributed by atoms with Gasteiger partial charge in [0.15, 0.2) is 0 Å². The fourth-order valence-corrected chi connectivity index (χ4v) is 2.38. The van der Waals surface area contributed by atoms with Crippen molar-refractivity contribution in [1.82, 2.24) is 4.98 Å². The highest BCUT2D eigenvalue weighted by atomic mass is 79.9. The number of hydrogen-bond donors (Lipinski definition) is 0. The minimum Gasteiger partial charge on any atom is -0.264 e. The van der Waals surface area contributed by atoms with Gasteiger partial charge in [0.1, 0.15) is 5.15 Å². The number of nitrogens with zero attached hydrogens (tertiary/aromatic N) is 2. The van der Waals surface area contributed by atoms with Crippen molar-refractivity contribution in [2.75, 3.05) is 0 Å². The topological polar surface area (TPSA) is 56.0 Å². The van der Waals surface area contributed by atoms with Crippen LogP contribution in [0.4, 0.5) is 0 Å². The maximum Gasteiger partial charge on any atom is 0.220 e. The van der Waals surface area contributed by atoms with E-state index in [4.69, 9.17) is 11.6 Å². The summed E-state index contributed by atoms with van der Waals surface area (Å²) in [5.41, 5.74) is 0.397. The Morgan fingerprint density at radius 3 is 2.74 bits per heavy atom. The second-order valence-corrected chi connectivity index (χ2v) is 6.30. The van der Waals surface area contributed by atoms with Crippen LogP contribution < -0.4 is 0 Å². The van der Waals surface area contributed by atoms with Gasteiger partial charge in [0.2, 0.25) is 5.54 Å². The van der Waals surface area contributed by atoms with Crippen LogP contribution >= 0.6 is 27.5 Å². The Labute approximate surface area is 124 Å². The standard InChI is InChI=1S/C13H12BrClN2O2/c1-13(2,17(18)19)7-9-5-8-3-4-10(14)6-11(8)16-12(9)15/h3-6H,7H2,1-2H3. The van der Waals surface area contributed by atoms with E-state index in [-0.39, 0.29) is 11.3 Å². The SMILES string of the molecule is CC(C)(Cc1cc2ccc(Br)cc2nc1Cl)[N+](=O)[O-]. The second kappa shape index (κ2) is 5.06. The van der Waals surface area contributed by atoms with Crippen LogP contribution in [0.3, 0.4) is 0 Å². The lowest BCUT2D eigenvalue weighted by atomic mass is 9.96. The largest absolute Gasteiger partial charge is 0.264 e. The van der Waals surface area contributed by atoms with E-state index >= 15 is 0 Å². The first-order valence-corrected chi connectivity index (χ1v) is 6.86. The maximum atomic E-state index is 11.0. The quantitative estimate of drug-likeness (QED) is 0.475. The molecule has 0 radical (unpaired) electrons. The molecule has 2 rings (SSSR count). The number of aromatic nitrogens is 1. The van der Waals surface area contributed by atoms with Gasteiger partial charge in [0.25, 0.3) is 0 Å². The smallest absolute Gasteiger partial charge is 0.220 e. The lowest BCUT2D eigenvalue weighted by Gasteiger charge is -2.16. The van der Waals surface area contributed by atoms with Gasteiger partial charge in [-0.1, -0.05) is 33.6 Å². The molecule has 1 aromatic heterocycles. The van der Waals surface area contributed by atoms with Gasteiger partial charge in [-0.2, -0.15) is 0 Å². The highest BCUT2D eigenvalue weighted by Crippen LogP contribution is 2.27.